The second-order valence-electron chi connectivity index (χ2n) is 8.33. The van der Waals surface area contributed by atoms with Crippen molar-refractivity contribution in [1.82, 2.24) is 9.80 Å². The Balaban J connectivity index is 1.20. The number of aliphatic imine (C=N–C) groups is 1. The number of anilines is 1. The molecule has 1 aromatic heterocycles. The average Bonchev–Trinajstić information content (AvgIpc) is 3.36. The first-order chi connectivity index (χ1) is 16.4. The van der Waals surface area contributed by atoms with E-state index in [0.29, 0.717) is 60.5 Å². The van der Waals surface area contributed by atoms with Gasteiger partial charge in [-0.1, -0.05) is 23.2 Å². The molecule has 0 spiro atoms. The van der Waals surface area contributed by atoms with Crippen molar-refractivity contribution >= 4 is 46.9 Å². The average molecular weight is 505 g/mol. The number of allylic oxidation sites excluding steroid dienone is 2. The van der Waals surface area contributed by atoms with Crippen LogP contribution in [-0.4, -0.2) is 72.2 Å². The van der Waals surface area contributed by atoms with Crippen LogP contribution in [0.25, 0.3) is 0 Å². The largest absolute Gasteiger partial charge is 0.511 e. The number of carbonyl (C=O) groups excluding carboxylic acids is 2. The highest BCUT2D eigenvalue weighted by Crippen LogP contribution is 2.33. The topological polar surface area (TPSA) is 98.4 Å². The maximum atomic E-state index is 12.5. The monoisotopic (exact) mass is 504 g/mol. The number of hydrogen-bond donors (Lipinski definition) is 2. The van der Waals surface area contributed by atoms with Crippen molar-refractivity contribution in [3.63, 3.8) is 0 Å². The predicted molar refractivity (Wildman–Crippen MR) is 132 cm³/mol. The van der Waals surface area contributed by atoms with Crippen LogP contribution in [0.15, 0.2) is 57.3 Å². The van der Waals surface area contributed by atoms with Crippen molar-refractivity contribution in [2.45, 2.75) is 18.8 Å². The van der Waals surface area contributed by atoms with Crippen LogP contribution in [-0.2, 0) is 4.79 Å². The molecule has 1 aromatic carbocycles. The van der Waals surface area contributed by atoms with E-state index < -0.39 is 0 Å². The molecular formula is C24H26Cl2N4O4. The molecule has 34 heavy (non-hydrogen) atoms. The predicted octanol–water partition coefficient (Wildman–Crippen LogP) is 4.77. The summed E-state index contributed by atoms with van der Waals surface area (Å²) in [5.74, 6) is 0.504. The number of furan rings is 1. The first kappa shape index (κ1) is 24.3. The van der Waals surface area contributed by atoms with E-state index >= 15 is 0 Å². The number of rotatable bonds is 6. The number of aliphatic hydroxyl groups excluding tert-OH is 1. The summed E-state index contributed by atoms with van der Waals surface area (Å²) in [5.41, 5.74) is 0.882. The van der Waals surface area contributed by atoms with Gasteiger partial charge in [0.2, 0.25) is 0 Å². The highest BCUT2D eigenvalue weighted by molar-refractivity contribution is 6.42. The number of Topliss-reactive ketones (excluding diaryl/α,β-unsaturated/α-hetero) is 1. The molecule has 1 saturated heterocycles. The molecule has 2 amide bonds. The molecule has 1 aliphatic heterocycles. The van der Waals surface area contributed by atoms with Gasteiger partial charge in [0, 0.05) is 63.4 Å². The Kier molecular flexibility index (Phi) is 7.92. The number of halogens is 2. The molecule has 2 heterocycles. The summed E-state index contributed by atoms with van der Waals surface area (Å²) in [6.07, 6.45) is 3.72. The van der Waals surface area contributed by atoms with Crippen molar-refractivity contribution in [3.8, 4) is 0 Å². The number of aliphatic hydroxyl groups is 1. The van der Waals surface area contributed by atoms with E-state index in [1.54, 1.807) is 35.4 Å². The van der Waals surface area contributed by atoms with Gasteiger partial charge in [-0.3, -0.25) is 14.7 Å². The van der Waals surface area contributed by atoms with E-state index in [-0.39, 0.29) is 29.1 Å². The molecule has 0 radical (unpaired) electrons. The lowest BCUT2D eigenvalue weighted by atomic mass is 9.86. The van der Waals surface area contributed by atoms with Crippen LogP contribution in [0.4, 0.5) is 10.5 Å². The van der Waals surface area contributed by atoms with Gasteiger partial charge >= 0.3 is 6.03 Å². The molecule has 2 aliphatic rings. The first-order valence-electron chi connectivity index (χ1n) is 11.1. The Labute approximate surface area is 207 Å². The molecule has 1 aliphatic carbocycles. The molecule has 1 atom stereocenters. The second kappa shape index (κ2) is 11.1. The summed E-state index contributed by atoms with van der Waals surface area (Å²) < 4.78 is 5.37. The van der Waals surface area contributed by atoms with Crippen molar-refractivity contribution in [2.75, 3.05) is 44.6 Å². The second-order valence-corrected chi connectivity index (χ2v) is 9.14. The van der Waals surface area contributed by atoms with E-state index in [1.165, 1.54) is 6.21 Å². The summed E-state index contributed by atoms with van der Waals surface area (Å²) in [7, 11) is 0. The van der Waals surface area contributed by atoms with Gasteiger partial charge in [-0.2, -0.15) is 0 Å². The number of piperazine rings is 1. The van der Waals surface area contributed by atoms with Gasteiger partial charge in [-0.05, 0) is 30.3 Å². The zero-order valence-corrected chi connectivity index (χ0v) is 20.1. The molecule has 0 bridgehead atoms. The molecule has 8 nitrogen and oxygen atoms in total. The number of benzene rings is 1. The number of nitrogens with zero attached hydrogens (tertiary/aromatic N) is 3. The zero-order valence-electron chi connectivity index (χ0n) is 18.5. The molecule has 2 aromatic rings. The summed E-state index contributed by atoms with van der Waals surface area (Å²) in [4.78, 5) is 33.3. The maximum absolute atomic E-state index is 12.5. The molecule has 1 fully saturated rings. The maximum Gasteiger partial charge on any atom is 0.321 e. The number of nitrogens with one attached hydrogen (secondary N) is 1. The third-order valence-corrected chi connectivity index (χ3v) is 6.76. The van der Waals surface area contributed by atoms with Crippen molar-refractivity contribution in [2.24, 2.45) is 4.99 Å². The van der Waals surface area contributed by atoms with Crippen molar-refractivity contribution in [3.05, 3.63) is 63.7 Å². The third kappa shape index (κ3) is 6.00. The number of carbonyl (C=O) groups is 2. The summed E-state index contributed by atoms with van der Waals surface area (Å²) >= 11 is 11.9. The molecule has 180 valence electrons. The SMILES string of the molecule is O=C1CC(c2ccco2)CC(O)=C1C=NCCN1CCN(C(=O)Nc2ccc(Cl)c(Cl)c2)CC1. The quantitative estimate of drug-likeness (QED) is 0.552. The zero-order chi connectivity index (χ0) is 24.1. The Morgan fingerprint density at radius 3 is 2.65 bits per heavy atom. The van der Waals surface area contributed by atoms with Crippen molar-refractivity contribution in [1.29, 1.82) is 0 Å². The molecule has 10 heteroatoms. The number of hydrogen-bond acceptors (Lipinski definition) is 6. The summed E-state index contributed by atoms with van der Waals surface area (Å²) in [6, 6.07) is 8.40. The Morgan fingerprint density at radius 2 is 1.97 bits per heavy atom. The minimum absolute atomic E-state index is 0.0583. The number of urea groups is 1. The number of amides is 2. The van der Waals surface area contributed by atoms with Gasteiger partial charge in [0.15, 0.2) is 5.78 Å². The van der Waals surface area contributed by atoms with Crippen LogP contribution in [0, 0.1) is 0 Å². The van der Waals surface area contributed by atoms with Crippen LogP contribution in [0.5, 0.6) is 0 Å². The summed E-state index contributed by atoms with van der Waals surface area (Å²) in [5, 5.41) is 14.0. The van der Waals surface area contributed by atoms with Gasteiger partial charge in [0.25, 0.3) is 0 Å². The Morgan fingerprint density at radius 1 is 1.18 bits per heavy atom. The molecular weight excluding hydrogens is 479 g/mol. The highest BCUT2D eigenvalue weighted by Gasteiger charge is 2.29. The Hall–Kier alpha value is -2.81. The third-order valence-electron chi connectivity index (χ3n) is 6.02. The molecule has 0 saturated carbocycles. The van der Waals surface area contributed by atoms with Gasteiger partial charge in [-0.15, -0.1) is 0 Å². The minimum Gasteiger partial charge on any atom is -0.511 e. The molecule has 1 unspecified atom stereocenters. The van der Waals surface area contributed by atoms with Gasteiger partial charge < -0.3 is 19.7 Å². The standard InChI is InChI=1S/C24H26Cl2N4O4/c25-19-4-3-17(14-20(19)26)28-24(33)30-9-7-29(8-10-30)6-5-27-15-18-21(31)12-16(13-22(18)32)23-2-1-11-34-23/h1-4,11,14-16,31H,5-10,12-13H2,(H,28,33). The van der Waals surface area contributed by atoms with Crippen LogP contribution in [0.3, 0.4) is 0 Å². The lowest BCUT2D eigenvalue weighted by Crippen LogP contribution is -2.50. The Bertz CT molecular complexity index is 1090. The van der Waals surface area contributed by atoms with E-state index in [1.807, 2.05) is 6.07 Å². The van der Waals surface area contributed by atoms with Crippen LogP contribution in [0.1, 0.15) is 24.5 Å². The summed E-state index contributed by atoms with van der Waals surface area (Å²) in [6.45, 7) is 3.84. The van der Waals surface area contributed by atoms with Gasteiger partial charge in [-0.25, -0.2) is 4.79 Å². The first-order valence-corrected chi connectivity index (χ1v) is 11.9. The van der Waals surface area contributed by atoms with E-state index in [4.69, 9.17) is 27.6 Å². The van der Waals surface area contributed by atoms with E-state index in [2.05, 4.69) is 15.2 Å². The van der Waals surface area contributed by atoms with Gasteiger partial charge in [0.05, 0.1) is 28.4 Å². The normalized spacial score (nSPS) is 19.8. The van der Waals surface area contributed by atoms with Crippen LogP contribution in [0.2, 0.25) is 10.0 Å². The fraction of sp³-hybridized carbons (Fsp3) is 0.375. The van der Waals surface area contributed by atoms with E-state index in [0.717, 1.165) is 13.1 Å². The number of ketones is 1. The minimum atomic E-state index is -0.179. The van der Waals surface area contributed by atoms with Gasteiger partial charge in [0.1, 0.15) is 11.5 Å². The smallest absolute Gasteiger partial charge is 0.321 e. The fourth-order valence-corrected chi connectivity index (χ4v) is 4.39. The van der Waals surface area contributed by atoms with Crippen LogP contribution < -0.4 is 5.32 Å². The molecule has 4 rings (SSSR count). The van der Waals surface area contributed by atoms with E-state index in [9.17, 15) is 14.7 Å². The highest BCUT2D eigenvalue weighted by atomic mass is 35.5. The fourth-order valence-electron chi connectivity index (χ4n) is 4.09. The van der Waals surface area contributed by atoms with Crippen molar-refractivity contribution < 1.29 is 19.1 Å². The molecule has 2 N–H and O–H groups in total. The lowest BCUT2D eigenvalue weighted by molar-refractivity contribution is -0.116. The van der Waals surface area contributed by atoms with Crippen LogP contribution >= 0.6 is 23.2 Å². The lowest BCUT2D eigenvalue weighted by Gasteiger charge is -2.34.